The molecule has 0 spiro atoms. The highest BCUT2D eigenvalue weighted by Gasteiger charge is 2.45. The number of esters is 1. The fourth-order valence-corrected chi connectivity index (χ4v) is 2.87. The van der Waals surface area contributed by atoms with E-state index in [2.05, 4.69) is 0 Å². The predicted octanol–water partition coefficient (Wildman–Crippen LogP) is 2.52. The highest BCUT2D eigenvalue weighted by Crippen LogP contribution is 2.39. The van der Waals surface area contributed by atoms with Crippen molar-refractivity contribution >= 4 is 5.97 Å². The minimum Gasteiger partial charge on any atom is -0.457 e. The number of hydrogen-bond donors (Lipinski definition) is 2. The molecule has 2 aromatic rings. The molecule has 2 atom stereocenters. The van der Waals surface area contributed by atoms with E-state index in [1.807, 2.05) is 30.3 Å². The summed E-state index contributed by atoms with van der Waals surface area (Å²) in [6, 6.07) is 17.9. The zero-order chi connectivity index (χ0) is 15.6. The van der Waals surface area contributed by atoms with Crippen LogP contribution in [0.15, 0.2) is 60.7 Å². The number of ether oxygens (including phenoxy) is 1. The summed E-state index contributed by atoms with van der Waals surface area (Å²) in [4.78, 5) is 12.3. The van der Waals surface area contributed by atoms with Gasteiger partial charge >= 0.3 is 5.97 Å². The summed E-state index contributed by atoms with van der Waals surface area (Å²) in [6.45, 7) is 0. The molecule has 0 amide bonds. The van der Waals surface area contributed by atoms with Gasteiger partial charge < -0.3 is 14.9 Å². The van der Waals surface area contributed by atoms with Crippen molar-refractivity contribution in [2.45, 2.75) is 24.7 Å². The molecule has 1 fully saturated rings. The van der Waals surface area contributed by atoms with Crippen LogP contribution >= 0.6 is 0 Å². The first kappa shape index (κ1) is 14.8. The number of carbonyl (C=O) groups is 1. The number of cyclic esters (lactones) is 1. The van der Waals surface area contributed by atoms with E-state index in [0.717, 1.165) is 5.56 Å². The first-order valence-electron chi connectivity index (χ1n) is 7.35. The minimum atomic E-state index is -2.21. The van der Waals surface area contributed by atoms with Crippen molar-refractivity contribution in [2.75, 3.05) is 0 Å². The Kier molecular flexibility index (Phi) is 3.96. The molecule has 0 aliphatic carbocycles. The number of rotatable bonds is 3. The highest BCUT2D eigenvalue weighted by molar-refractivity contribution is 5.75. The second-order valence-corrected chi connectivity index (χ2v) is 5.56. The quantitative estimate of drug-likeness (QED) is 0.675. The van der Waals surface area contributed by atoms with Crippen LogP contribution in [0, 0.1) is 5.92 Å². The second-order valence-electron chi connectivity index (χ2n) is 5.56. The molecule has 2 unspecified atom stereocenters. The fourth-order valence-electron chi connectivity index (χ4n) is 2.87. The third kappa shape index (κ3) is 2.75. The van der Waals surface area contributed by atoms with E-state index in [-0.39, 0.29) is 6.10 Å². The Labute approximate surface area is 129 Å². The molecule has 4 heteroatoms. The normalized spacial score (nSPS) is 22.2. The molecule has 1 saturated heterocycles. The Bertz CT molecular complexity index is 637. The van der Waals surface area contributed by atoms with Gasteiger partial charge in [-0.05, 0) is 18.4 Å². The summed E-state index contributed by atoms with van der Waals surface area (Å²) in [7, 11) is 0. The van der Waals surface area contributed by atoms with Gasteiger partial charge in [-0.1, -0.05) is 60.7 Å². The van der Waals surface area contributed by atoms with Crippen LogP contribution in [0.3, 0.4) is 0 Å². The van der Waals surface area contributed by atoms with Gasteiger partial charge in [0.2, 0.25) is 5.79 Å². The Morgan fingerprint density at radius 2 is 1.50 bits per heavy atom. The van der Waals surface area contributed by atoms with E-state index >= 15 is 0 Å². The van der Waals surface area contributed by atoms with Gasteiger partial charge in [-0.3, -0.25) is 4.79 Å². The zero-order valence-electron chi connectivity index (χ0n) is 12.1. The van der Waals surface area contributed by atoms with Crippen molar-refractivity contribution in [1.82, 2.24) is 0 Å². The monoisotopic (exact) mass is 298 g/mol. The average Bonchev–Trinajstić information content (AvgIpc) is 2.56. The van der Waals surface area contributed by atoms with Gasteiger partial charge in [-0.25, -0.2) is 0 Å². The minimum absolute atomic E-state index is 0.301. The molecule has 4 nitrogen and oxygen atoms in total. The molecule has 0 radical (unpaired) electrons. The van der Waals surface area contributed by atoms with E-state index in [4.69, 9.17) is 4.74 Å². The van der Waals surface area contributed by atoms with Gasteiger partial charge in [-0.2, -0.15) is 0 Å². The zero-order valence-corrected chi connectivity index (χ0v) is 12.1. The van der Waals surface area contributed by atoms with Gasteiger partial charge in [-0.15, -0.1) is 0 Å². The topological polar surface area (TPSA) is 66.8 Å². The van der Waals surface area contributed by atoms with E-state index in [0.29, 0.717) is 18.4 Å². The largest absolute Gasteiger partial charge is 0.457 e. The lowest BCUT2D eigenvalue weighted by Crippen LogP contribution is -2.43. The molecule has 22 heavy (non-hydrogen) atoms. The van der Waals surface area contributed by atoms with Crippen LogP contribution in [0.2, 0.25) is 0 Å². The van der Waals surface area contributed by atoms with E-state index < -0.39 is 17.7 Å². The van der Waals surface area contributed by atoms with E-state index in [1.165, 1.54) is 0 Å². The van der Waals surface area contributed by atoms with Gasteiger partial charge in [0.25, 0.3) is 0 Å². The predicted molar refractivity (Wildman–Crippen MR) is 80.6 cm³/mol. The maximum absolute atomic E-state index is 12.3. The second kappa shape index (κ2) is 5.91. The van der Waals surface area contributed by atoms with Gasteiger partial charge in [0.05, 0.1) is 0 Å². The van der Waals surface area contributed by atoms with Crippen molar-refractivity contribution in [3.8, 4) is 0 Å². The molecule has 1 heterocycles. The maximum atomic E-state index is 12.3. The lowest BCUT2D eigenvalue weighted by atomic mass is 9.84. The number of benzene rings is 2. The number of aliphatic hydroxyl groups is 2. The fraction of sp³-hybridized carbons (Fsp3) is 0.278. The molecule has 1 aliphatic heterocycles. The smallest absolute Gasteiger partial charge is 0.315 e. The Morgan fingerprint density at radius 1 is 0.909 bits per heavy atom. The SMILES string of the molecule is O=C1OC(c2ccccc2)CCC1C(O)(O)c1ccccc1. The molecule has 3 rings (SSSR count). The standard InChI is InChI=1S/C18H18O4/c19-17-15(18(20,21)14-9-5-2-6-10-14)11-12-16(22-17)13-7-3-1-4-8-13/h1-10,15-16,20-21H,11-12H2. The maximum Gasteiger partial charge on any atom is 0.315 e. The molecule has 2 aromatic carbocycles. The lowest BCUT2D eigenvalue weighted by molar-refractivity contribution is -0.232. The van der Waals surface area contributed by atoms with Crippen molar-refractivity contribution in [3.05, 3.63) is 71.8 Å². The van der Waals surface area contributed by atoms with Crippen LogP contribution < -0.4 is 0 Å². The third-order valence-corrected chi connectivity index (χ3v) is 4.12. The van der Waals surface area contributed by atoms with Crippen LogP contribution in [-0.4, -0.2) is 16.2 Å². The third-order valence-electron chi connectivity index (χ3n) is 4.12. The molecule has 1 aliphatic rings. The van der Waals surface area contributed by atoms with E-state index in [1.54, 1.807) is 30.3 Å². The molecular formula is C18H18O4. The highest BCUT2D eigenvalue weighted by atomic mass is 16.6. The molecule has 2 N–H and O–H groups in total. The van der Waals surface area contributed by atoms with Gasteiger partial charge in [0.15, 0.2) is 0 Å². The first-order valence-corrected chi connectivity index (χ1v) is 7.35. The van der Waals surface area contributed by atoms with E-state index in [9.17, 15) is 15.0 Å². The van der Waals surface area contributed by atoms with Crippen LogP contribution in [0.1, 0.15) is 30.1 Å². The number of carbonyl (C=O) groups excluding carboxylic acids is 1. The summed E-state index contributed by atoms with van der Waals surface area (Å²) < 4.78 is 5.43. The number of hydrogen-bond acceptors (Lipinski definition) is 4. The molecule has 0 aromatic heterocycles. The van der Waals surface area contributed by atoms with Crippen LogP contribution in [-0.2, 0) is 15.3 Å². The lowest BCUT2D eigenvalue weighted by Gasteiger charge is -2.35. The van der Waals surface area contributed by atoms with Crippen LogP contribution in [0.5, 0.6) is 0 Å². The van der Waals surface area contributed by atoms with Crippen molar-refractivity contribution in [2.24, 2.45) is 5.92 Å². The summed E-state index contributed by atoms with van der Waals surface area (Å²) >= 11 is 0. The molecule has 114 valence electrons. The molecule has 0 bridgehead atoms. The summed E-state index contributed by atoms with van der Waals surface area (Å²) in [5.41, 5.74) is 1.23. The summed E-state index contributed by atoms with van der Waals surface area (Å²) in [6.07, 6.45) is 0.604. The van der Waals surface area contributed by atoms with Crippen molar-refractivity contribution in [3.63, 3.8) is 0 Å². The van der Waals surface area contributed by atoms with Crippen LogP contribution in [0.4, 0.5) is 0 Å². The average molecular weight is 298 g/mol. The Morgan fingerprint density at radius 3 is 2.09 bits per heavy atom. The summed E-state index contributed by atoms with van der Waals surface area (Å²) in [5, 5.41) is 20.8. The van der Waals surface area contributed by atoms with Gasteiger partial charge in [0, 0.05) is 5.56 Å². The van der Waals surface area contributed by atoms with Crippen LogP contribution in [0.25, 0.3) is 0 Å². The van der Waals surface area contributed by atoms with Crippen molar-refractivity contribution < 1.29 is 19.7 Å². The Hall–Kier alpha value is -2.17. The summed E-state index contributed by atoms with van der Waals surface area (Å²) in [5.74, 6) is -3.76. The molecule has 0 saturated carbocycles. The van der Waals surface area contributed by atoms with Gasteiger partial charge in [0.1, 0.15) is 12.0 Å². The van der Waals surface area contributed by atoms with Crippen molar-refractivity contribution in [1.29, 1.82) is 0 Å². The first-order chi connectivity index (χ1) is 10.6. The molecular weight excluding hydrogens is 280 g/mol. The Balaban J connectivity index is 1.77.